The molecular weight excluding hydrogens is 404 g/mol. The smallest absolute Gasteiger partial charge is 0.347 e. The molecule has 4 rings (SSSR count). The number of hydrogen-bond acceptors (Lipinski definition) is 6. The molecule has 0 saturated carbocycles. The van der Waals surface area contributed by atoms with Gasteiger partial charge in [0.15, 0.2) is 5.13 Å². The predicted molar refractivity (Wildman–Crippen MR) is 108 cm³/mol. The molecule has 1 aliphatic heterocycles. The minimum Gasteiger partial charge on any atom is -0.477 e. The minimum absolute atomic E-state index is 0.129. The molecule has 4 heterocycles. The molecular formula is C18H19ClN4O4S. The molecule has 10 heteroatoms. The summed E-state index contributed by atoms with van der Waals surface area (Å²) in [7, 11) is 1.62. The Labute approximate surface area is 169 Å². The molecule has 8 nitrogen and oxygen atoms in total. The number of methoxy groups -OCH3 is 1. The first-order chi connectivity index (χ1) is 13.4. The highest BCUT2D eigenvalue weighted by molar-refractivity contribution is 7.17. The number of carboxylic acid groups (broad SMARTS) is 1. The van der Waals surface area contributed by atoms with E-state index in [1.165, 1.54) is 6.20 Å². The lowest BCUT2D eigenvalue weighted by molar-refractivity contribution is 0.0463. The summed E-state index contributed by atoms with van der Waals surface area (Å²) < 4.78 is 7.38. The number of aromatic nitrogens is 3. The highest BCUT2D eigenvalue weighted by atomic mass is 35.5. The third-order valence-electron chi connectivity index (χ3n) is 5.16. The average Bonchev–Trinajstić information content (AvgIpc) is 3.29. The van der Waals surface area contributed by atoms with Crippen LogP contribution < -0.4 is 10.5 Å². The van der Waals surface area contributed by atoms with Crippen LogP contribution in [0.25, 0.3) is 10.9 Å². The molecule has 1 aliphatic rings. The van der Waals surface area contributed by atoms with Crippen LogP contribution in [0.3, 0.4) is 0 Å². The predicted octanol–water partition coefficient (Wildman–Crippen LogP) is 2.91. The summed E-state index contributed by atoms with van der Waals surface area (Å²) in [5.41, 5.74) is 1.13. The van der Waals surface area contributed by atoms with Crippen LogP contribution in [0.5, 0.6) is 0 Å². The van der Waals surface area contributed by atoms with Gasteiger partial charge in [0.25, 0.3) is 5.56 Å². The van der Waals surface area contributed by atoms with Crippen LogP contribution in [0.1, 0.15) is 27.8 Å². The lowest BCUT2D eigenvalue weighted by Gasteiger charge is -2.38. The Morgan fingerprint density at radius 3 is 2.96 bits per heavy atom. The molecule has 0 amide bonds. The van der Waals surface area contributed by atoms with Gasteiger partial charge in [-0.15, -0.1) is 0 Å². The summed E-state index contributed by atoms with van der Waals surface area (Å²) in [5, 5.41) is 11.0. The average molecular weight is 423 g/mol. The van der Waals surface area contributed by atoms with Crippen molar-refractivity contribution in [2.24, 2.45) is 0 Å². The molecule has 148 valence electrons. The minimum atomic E-state index is -0.985. The molecule has 2 N–H and O–H groups in total. The van der Waals surface area contributed by atoms with Gasteiger partial charge in [0.1, 0.15) is 10.4 Å². The van der Waals surface area contributed by atoms with Gasteiger partial charge >= 0.3 is 5.97 Å². The Morgan fingerprint density at radius 1 is 1.50 bits per heavy atom. The fourth-order valence-corrected chi connectivity index (χ4v) is 4.69. The van der Waals surface area contributed by atoms with Gasteiger partial charge < -0.3 is 24.3 Å². The van der Waals surface area contributed by atoms with Crippen molar-refractivity contribution in [3.8, 4) is 0 Å². The molecule has 0 radical (unpaired) electrons. The van der Waals surface area contributed by atoms with Crippen molar-refractivity contribution in [3.05, 3.63) is 44.4 Å². The number of anilines is 1. The maximum Gasteiger partial charge on any atom is 0.347 e. The van der Waals surface area contributed by atoms with Crippen molar-refractivity contribution in [1.82, 2.24) is 14.5 Å². The van der Waals surface area contributed by atoms with E-state index in [1.54, 1.807) is 17.9 Å². The number of nitrogens with one attached hydrogen (secondary N) is 1. The standard InChI is InChI=1S/C18H19ClN4O4S/c1-9-14(19)10-3-6-23(16(24)15(10)21-9)11-4-5-22(8-12(11)27-2)18-20-7-13(28-18)17(25)26/h3,6-7,11-12,21H,4-5,8H2,1-2H3,(H,25,26)/t11-,12+/m0/s1. The number of pyridine rings is 1. The summed E-state index contributed by atoms with van der Waals surface area (Å²) >= 11 is 7.40. The van der Waals surface area contributed by atoms with E-state index in [9.17, 15) is 9.59 Å². The highest BCUT2D eigenvalue weighted by Crippen LogP contribution is 2.31. The third-order valence-corrected chi connectivity index (χ3v) is 6.69. The number of fused-ring (bicyclic) bond motifs is 1. The van der Waals surface area contributed by atoms with Crippen LogP contribution in [0.2, 0.25) is 5.02 Å². The van der Waals surface area contributed by atoms with Gasteiger partial charge in [-0.2, -0.15) is 0 Å². The molecule has 0 unspecified atom stereocenters. The quantitative estimate of drug-likeness (QED) is 0.670. The zero-order valence-electron chi connectivity index (χ0n) is 15.3. The van der Waals surface area contributed by atoms with Gasteiger partial charge in [-0.3, -0.25) is 4.79 Å². The van der Waals surface area contributed by atoms with Crippen molar-refractivity contribution >= 4 is 44.9 Å². The number of aromatic carboxylic acids is 1. The molecule has 0 aromatic carbocycles. The van der Waals surface area contributed by atoms with Crippen LogP contribution in [0, 0.1) is 6.92 Å². The Balaban J connectivity index is 1.63. The Hall–Kier alpha value is -2.36. The summed E-state index contributed by atoms with van der Waals surface area (Å²) in [6, 6.07) is 1.71. The van der Waals surface area contributed by atoms with Crippen molar-refractivity contribution in [1.29, 1.82) is 0 Å². The van der Waals surface area contributed by atoms with Gasteiger partial charge in [0.2, 0.25) is 0 Å². The van der Waals surface area contributed by atoms with Gasteiger partial charge in [0, 0.05) is 37.5 Å². The Kier molecular flexibility index (Phi) is 4.90. The molecule has 2 atom stereocenters. The molecule has 0 spiro atoms. The van der Waals surface area contributed by atoms with E-state index < -0.39 is 5.97 Å². The number of halogens is 1. The van der Waals surface area contributed by atoms with Gasteiger partial charge in [-0.05, 0) is 19.4 Å². The number of aryl methyl sites for hydroxylation is 1. The van der Waals surface area contributed by atoms with Gasteiger partial charge in [-0.1, -0.05) is 22.9 Å². The van der Waals surface area contributed by atoms with Crippen LogP contribution in [-0.4, -0.2) is 51.9 Å². The van der Waals surface area contributed by atoms with Crippen molar-refractivity contribution in [3.63, 3.8) is 0 Å². The zero-order valence-corrected chi connectivity index (χ0v) is 16.9. The number of H-pyrrole nitrogens is 1. The van der Waals surface area contributed by atoms with Crippen molar-refractivity contribution in [2.45, 2.75) is 25.5 Å². The second-order valence-electron chi connectivity index (χ2n) is 6.77. The van der Waals surface area contributed by atoms with Crippen LogP contribution in [0.15, 0.2) is 23.3 Å². The second kappa shape index (κ2) is 7.23. The summed E-state index contributed by atoms with van der Waals surface area (Å²) in [5.74, 6) is -0.985. The van der Waals surface area contributed by atoms with Crippen LogP contribution in [-0.2, 0) is 4.74 Å². The molecule has 0 bridgehead atoms. The Morgan fingerprint density at radius 2 is 2.29 bits per heavy atom. The summed E-state index contributed by atoms with van der Waals surface area (Å²) in [4.78, 5) is 33.6. The fraction of sp³-hybridized carbons (Fsp3) is 0.389. The SMILES string of the molecule is CO[C@@H]1CN(c2ncc(C(=O)O)s2)CC[C@@H]1n1ccc2c(Cl)c(C)[nH]c2c1=O. The van der Waals surface area contributed by atoms with E-state index in [1.807, 2.05) is 17.9 Å². The molecule has 3 aromatic rings. The van der Waals surface area contributed by atoms with Crippen LogP contribution >= 0.6 is 22.9 Å². The van der Waals surface area contributed by atoms with Crippen LogP contribution in [0.4, 0.5) is 5.13 Å². The third kappa shape index (κ3) is 3.09. The second-order valence-corrected chi connectivity index (χ2v) is 8.16. The van der Waals surface area contributed by atoms with E-state index in [0.717, 1.165) is 22.4 Å². The lowest BCUT2D eigenvalue weighted by Crippen LogP contribution is -2.47. The number of piperidine rings is 1. The number of hydrogen-bond donors (Lipinski definition) is 2. The van der Waals surface area contributed by atoms with E-state index in [4.69, 9.17) is 21.4 Å². The molecule has 0 aliphatic carbocycles. The number of thiazole rings is 1. The zero-order chi connectivity index (χ0) is 20.0. The molecule has 1 fully saturated rings. The normalized spacial score (nSPS) is 20.0. The Bertz CT molecular complexity index is 1100. The fourth-order valence-electron chi connectivity index (χ4n) is 3.70. The van der Waals surface area contributed by atoms with E-state index in [-0.39, 0.29) is 22.6 Å². The number of aromatic amines is 1. The van der Waals surface area contributed by atoms with Crippen molar-refractivity contribution in [2.75, 3.05) is 25.1 Å². The highest BCUT2D eigenvalue weighted by Gasteiger charge is 2.33. The molecule has 28 heavy (non-hydrogen) atoms. The largest absolute Gasteiger partial charge is 0.477 e. The van der Waals surface area contributed by atoms with E-state index >= 15 is 0 Å². The maximum atomic E-state index is 13.0. The molecule has 1 saturated heterocycles. The first-order valence-corrected chi connectivity index (χ1v) is 9.96. The van der Waals surface area contributed by atoms with Gasteiger partial charge in [-0.25, -0.2) is 9.78 Å². The number of ether oxygens (including phenoxy) is 1. The van der Waals surface area contributed by atoms with Gasteiger partial charge in [0.05, 0.1) is 23.4 Å². The van der Waals surface area contributed by atoms with E-state index in [2.05, 4.69) is 9.97 Å². The lowest BCUT2D eigenvalue weighted by atomic mass is 10.0. The monoisotopic (exact) mass is 422 g/mol. The number of rotatable bonds is 4. The number of nitrogens with zero attached hydrogens (tertiary/aromatic N) is 3. The summed E-state index contributed by atoms with van der Waals surface area (Å²) in [6.07, 6.45) is 3.56. The maximum absolute atomic E-state index is 13.0. The van der Waals surface area contributed by atoms with E-state index in [0.29, 0.717) is 35.2 Å². The first-order valence-electron chi connectivity index (χ1n) is 8.76. The van der Waals surface area contributed by atoms with Crippen molar-refractivity contribution < 1.29 is 14.6 Å². The molecule has 3 aromatic heterocycles. The number of carbonyl (C=O) groups is 1. The summed E-state index contributed by atoms with van der Waals surface area (Å²) in [6.45, 7) is 3.00. The first kappa shape index (κ1) is 19.0. The number of carboxylic acids is 1. The topological polar surface area (TPSA) is 100 Å².